The number of benzene rings is 2. The van der Waals surface area contributed by atoms with Gasteiger partial charge in [-0.1, -0.05) is 42.8 Å². The number of amides is 1. The van der Waals surface area contributed by atoms with Gasteiger partial charge in [0.25, 0.3) is 5.91 Å². The van der Waals surface area contributed by atoms with E-state index in [1.165, 1.54) is 0 Å². The van der Waals surface area contributed by atoms with Gasteiger partial charge in [-0.05, 0) is 60.2 Å². The van der Waals surface area contributed by atoms with Crippen molar-refractivity contribution in [3.05, 3.63) is 64.4 Å². The van der Waals surface area contributed by atoms with Gasteiger partial charge in [0.15, 0.2) is 5.79 Å². The van der Waals surface area contributed by atoms with Crippen LogP contribution in [0.2, 0.25) is 5.02 Å². The molecule has 2 spiro atoms. The van der Waals surface area contributed by atoms with Crippen molar-refractivity contribution < 1.29 is 19.4 Å². The summed E-state index contributed by atoms with van der Waals surface area (Å²) >= 11 is 6.03. The van der Waals surface area contributed by atoms with Gasteiger partial charge in [-0.3, -0.25) is 4.79 Å². The van der Waals surface area contributed by atoms with E-state index in [2.05, 4.69) is 12.2 Å². The molecule has 5 nitrogen and oxygen atoms in total. The van der Waals surface area contributed by atoms with E-state index >= 15 is 0 Å². The Morgan fingerprint density at radius 1 is 1.00 bits per heavy atom. The Morgan fingerprint density at radius 2 is 1.62 bits per heavy atom. The molecule has 2 N–H and O–H groups in total. The van der Waals surface area contributed by atoms with Gasteiger partial charge < -0.3 is 19.9 Å². The summed E-state index contributed by atoms with van der Waals surface area (Å²) in [6.07, 6.45) is 2.44. The van der Waals surface area contributed by atoms with Crippen LogP contribution in [0, 0.1) is 12.8 Å². The van der Waals surface area contributed by atoms with Gasteiger partial charge in [0.05, 0.1) is 24.3 Å². The summed E-state index contributed by atoms with van der Waals surface area (Å²) in [5.74, 6) is -0.291. The lowest BCUT2D eigenvalue weighted by atomic mass is 9.77. The van der Waals surface area contributed by atoms with Crippen LogP contribution in [-0.2, 0) is 14.3 Å². The zero-order valence-corrected chi connectivity index (χ0v) is 19.2. The van der Waals surface area contributed by atoms with E-state index in [1.807, 2.05) is 49.4 Å². The molecular weight excluding hydrogens is 426 g/mol. The van der Waals surface area contributed by atoms with Gasteiger partial charge in [0.2, 0.25) is 0 Å². The van der Waals surface area contributed by atoms with E-state index < -0.39 is 11.3 Å². The number of halogens is 1. The van der Waals surface area contributed by atoms with Crippen molar-refractivity contribution in [3.63, 3.8) is 0 Å². The first kappa shape index (κ1) is 21.5. The number of rotatable bonds is 2. The summed E-state index contributed by atoms with van der Waals surface area (Å²) in [7, 11) is 0. The first-order valence-electron chi connectivity index (χ1n) is 11.2. The molecule has 2 aromatic rings. The van der Waals surface area contributed by atoms with E-state index in [1.54, 1.807) is 0 Å². The van der Waals surface area contributed by atoms with Crippen LogP contribution in [0.1, 0.15) is 43.7 Å². The smallest absolute Gasteiger partial charge is 0.256 e. The van der Waals surface area contributed by atoms with Gasteiger partial charge in [-0.2, -0.15) is 0 Å². The highest BCUT2D eigenvalue weighted by Gasteiger charge is 2.53. The van der Waals surface area contributed by atoms with Crippen molar-refractivity contribution >= 4 is 23.1 Å². The highest BCUT2D eigenvalue weighted by Crippen LogP contribution is 2.47. The van der Waals surface area contributed by atoms with Crippen molar-refractivity contribution in [2.24, 2.45) is 5.92 Å². The molecule has 0 bridgehead atoms. The Hall–Kier alpha value is -2.34. The molecule has 1 amide bonds. The number of hydrogen-bond donors (Lipinski definition) is 2. The standard InChI is InChI=1S/C26H28ClNO4/c1-16-14-31-26(32-15-16)11-9-25(10-12-26)23(29)22(24(30)28-25)21-13-19(4-3-17(21)2)18-5-7-20(27)8-6-18/h3-8,13,16,29H,9-12,14-15H2,1-2H3,(H,28,30). The second kappa shape index (κ2) is 7.91. The van der Waals surface area contributed by atoms with Crippen molar-refractivity contribution in [1.82, 2.24) is 5.32 Å². The molecule has 5 rings (SSSR count). The van der Waals surface area contributed by atoms with Gasteiger partial charge in [-0.15, -0.1) is 0 Å². The topological polar surface area (TPSA) is 67.8 Å². The summed E-state index contributed by atoms with van der Waals surface area (Å²) in [6, 6.07) is 13.6. The number of carbonyl (C=O) groups is 1. The van der Waals surface area contributed by atoms with Crippen LogP contribution in [0.3, 0.4) is 0 Å². The average Bonchev–Trinajstić information content (AvgIpc) is 3.03. The molecule has 1 saturated heterocycles. The molecule has 0 atom stereocenters. The Morgan fingerprint density at radius 3 is 2.28 bits per heavy atom. The predicted octanol–water partition coefficient (Wildman–Crippen LogP) is 5.41. The minimum Gasteiger partial charge on any atom is -0.509 e. The summed E-state index contributed by atoms with van der Waals surface area (Å²) in [5.41, 5.74) is 3.28. The van der Waals surface area contributed by atoms with Crippen LogP contribution in [0.4, 0.5) is 0 Å². The van der Waals surface area contributed by atoms with Crippen LogP contribution in [0.25, 0.3) is 16.7 Å². The third-order valence-corrected chi connectivity index (χ3v) is 7.33. The number of carbonyl (C=O) groups excluding carboxylic acids is 1. The first-order chi connectivity index (χ1) is 15.3. The maximum Gasteiger partial charge on any atom is 0.256 e. The molecule has 0 aromatic heterocycles. The van der Waals surface area contributed by atoms with Crippen LogP contribution in [0.15, 0.2) is 48.2 Å². The second-order valence-corrected chi connectivity index (χ2v) is 9.87. The monoisotopic (exact) mass is 453 g/mol. The fourth-order valence-electron chi connectivity index (χ4n) is 5.04. The number of hydrogen-bond acceptors (Lipinski definition) is 4. The molecule has 0 radical (unpaired) electrons. The molecule has 6 heteroatoms. The second-order valence-electron chi connectivity index (χ2n) is 9.43. The van der Waals surface area contributed by atoms with Crippen LogP contribution >= 0.6 is 11.6 Å². The third-order valence-electron chi connectivity index (χ3n) is 7.08. The predicted molar refractivity (Wildman–Crippen MR) is 124 cm³/mol. The molecule has 1 aliphatic carbocycles. The molecule has 3 aliphatic rings. The van der Waals surface area contributed by atoms with E-state index in [0.29, 0.717) is 55.4 Å². The number of nitrogens with one attached hydrogen (secondary N) is 1. The maximum atomic E-state index is 13.1. The zero-order chi connectivity index (χ0) is 22.5. The lowest BCUT2D eigenvalue weighted by molar-refractivity contribution is -0.297. The lowest BCUT2D eigenvalue weighted by Gasteiger charge is -2.46. The minimum atomic E-state index is -0.754. The van der Waals surface area contributed by atoms with Gasteiger partial charge in [0.1, 0.15) is 5.76 Å². The molecule has 2 aliphatic heterocycles. The highest BCUT2D eigenvalue weighted by atomic mass is 35.5. The number of aryl methyl sites for hydroxylation is 1. The van der Waals surface area contributed by atoms with Crippen molar-refractivity contribution in [2.75, 3.05) is 13.2 Å². The largest absolute Gasteiger partial charge is 0.509 e. The molecule has 2 fully saturated rings. The molecule has 2 aromatic carbocycles. The van der Waals surface area contributed by atoms with E-state index in [0.717, 1.165) is 22.3 Å². The average molecular weight is 454 g/mol. The summed E-state index contributed by atoms with van der Waals surface area (Å²) < 4.78 is 12.1. The fraction of sp³-hybridized carbons (Fsp3) is 0.423. The molecule has 0 unspecified atom stereocenters. The molecule has 2 heterocycles. The van der Waals surface area contributed by atoms with Gasteiger partial charge in [0, 0.05) is 23.8 Å². The van der Waals surface area contributed by atoms with Crippen LogP contribution < -0.4 is 5.32 Å². The Balaban J connectivity index is 1.46. The molecule has 1 saturated carbocycles. The lowest BCUT2D eigenvalue weighted by Crippen LogP contribution is -2.54. The summed E-state index contributed by atoms with van der Waals surface area (Å²) in [5, 5.41) is 15.1. The van der Waals surface area contributed by atoms with Crippen molar-refractivity contribution in [2.45, 2.75) is 50.9 Å². The Labute approximate surface area is 193 Å². The van der Waals surface area contributed by atoms with Crippen molar-refractivity contribution in [1.29, 1.82) is 0 Å². The molecular formula is C26H28ClNO4. The number of ether oxygens (including phenoxy) is 2. The number of aliphatic hydroxyl groups excluding tert-OH is 1. The summed E-state index contributed by atoms with van der Waals surface area (Å²) in [4.78, 5) is 13.1. The highest BCUT2D eigenvalue weighted by molar-refractivity contribution is 6.30. The number of aliphatic hydroxyl groups is 1. The van der Waals surface area contributed by atoms with Gasteiger partial charge in [-0.25, -0.2) is 0 Å². The minimum absolute atomic E-state index is 0.137. The molecule has 32 heavy (non-hydrogen) atoms. The zero-order valence-electron chi connectivity index (χ0n) is 18.4. The Kier molecular flexibility index (Phi) is 5.31. The van der Waals surface area contributed by atoms with Crippen LogP contribution in [-0.4, -0.2) is 35.6 Å². The van der Waals surface area contributed by atoms with Crippen LogP contribution in [0.5, 0.6) is 0 Å². The fourth-order valence-corrected chi connectivity index (χ4v) is 5.16. The van der Waals surface area contributed by atoms with Crippen molar-refractivity contribution in [3.8, 4) is 11.1 Å². The molecule has 168 valence electrons. The van der Waals surface area contributed by atoms with Gasteiger partial charge >= 0.3 is 0 Å². The third kappa shape index (κ3) is 3.62. The normalized spacial score (nSPS) is 30.2. The SMILES string of the molecule is Cc1ccc(-c2ccc(Cl)cc2)cc1C1=C(O)C2(CCC3(CC2)OCC(C)CO3)NC1=O. The summed E-state index contributed by atoms with van der Waals surface area (Å²) in [6.45, 7) is 5.43. The first-order valence-corrected chi connectivity index (χ1v) is 11.6. The van der Waals surface area contributed by atoms with E-state index in [9.17, 15) is 9.90 Å². The maximum absolute atomic E-state index is 13.1. The quantitative estimate of drug-likeness (QED) is 0.638. The van der Waals surface area contributed by atoms with E-state index in [4.69, 9.17) is 21.1 Å². The van der Waals surface area contributed by atoms with E-state index in [-0.39, 0.29) is 11.7 Å². The Bertz CT molecular complexity index is 1070.